The lowest BCUT2D eigenvalue weighted by Crippen LogP contribution is -2.48. The Bertz CT molecular complexity index is 428. The van der Waals surface area contributed by atoms with Crippen molar-refractivity contribution < 1.29 is 14.6 Å². The molecule has 0 saturated heterocycles. The quantitative estimate of drug-likeness (QED) is 0.687. The molecule has 1 rings (SSSR count). The molecule has 1 amide bonds. The SMILES string of the molecule is CCC(C)(CO)NC(=O)c1ccc(N)c(OC)c1. The number of methoxy groups -OCH3 is 1. The summed E-state index contributed by atoms with van der Waals surface area (Å²) >= 11 is 0. The second kappa shape index (κ2) is 5.73. The van der Waals surface area contributed by atoms with E-state index in [1.807, 2.05) is 6.92 Å². The Morgan fingerprint density at radius 2 is 2.22 bits per heavy atom. The van der Waals surface area contributed by atoms with Gasteiger partial charge in [0.25, 0.3) is 5.91 Å². The molecule has 0 aromatic heterocycles. The van der Waals surface area contributed by atoms with Gasteiger partial charge in [0, 0.05) is 5.56 Å². The van der Waals surface area contributed by atoms with E-state index in [4.69, 9.17) is 10.5 Å². The van der Waals surface area contributed by atoms with Gasteiger partial charge in [-0.1, -0.05) is 6.92 Å². The molecule has 18 heavy (non-hydrogen) atoms. The van der Waals surface area contributed by atoms with E-state index in [9.17, 15) is 9.90 Å². The first-order chi connectivity index (χ1) is 8.45. The molecule has 1 aromatic rings. The van der Waals surface area contributed by atoms with Gasteiger partial charge in [0.1, 0.15) is 5.75 Å². The number of aliphatic hydroxyl groups is 1. The zero-order valence-electron chi connectivity index (χ0n) is 11.0. The number of ether oxygens (including phenoxy) is 1. The highest BCUT2D eigenvalue weighted by atomic mass is 16.5. The van der Waals surface area contributed by atoms with Crippen molar-refractivity contribution in [2.75, 3.05) is 19.5 Å². The van der Waals surface area contributed by atoms with Crippen LogP contribution in [0, 0.1) is 0 Å². The van der Waals surface area contributed by atoms with Gasteiger partial charge in [0.2, 0.25) is 0 Å². The Kier molecular flexibility index (Phi) is 4.55. The average molecular weight is 252 g/mol. The third kappa shape index (κ3) is 3.13. The first-order valence-electron chi connectivity index (χ1n) is 5.82. The van der Waals surface area contributed by atoms with Gasteiger partial charge in [-0.15, -0.1) is 0 Å². The zero-order valence-corrected chi connectivity index (χ0v) is 11.0. The summed E-state index contributed by atoms with van der Waals surface area (Å²) in [7, 11) is 1.50. The lowest BCUT2D eigenvalue weighted by molar-refractivity contribution is 0.0847. The summed E-state index contributed by atoms with van der Waals surface area (Å²) in [5.74, 6) is 0.205. The Hall–Kier alpha value is -1.75. The van der Waals surface area contributed by atoms with Crippen molar-refractivity contribution in [3.63, 3.8) is 0 Å². The van der Waals surface area contributed by atoms with E-state index in [0.717, 1.165) is 0 Å². The summed E-state index contributed by atoms with van der Waals surface area (Å²) < 4.78 is 5.06. The predicted octanol–water partition coefficient (Wildman–Crippen LogP) is 1.17. The smallest absolute Gasteiger partial charge is 0.251 e. The second-order valence-electron chi connectivity index (χ2n) is 4.48. The van der Waals surface area contributed by atoms with E-state index >= 15 is 0 Å². The summed E-state index contributed by atoms with van der Waals surface area (Å²) in [5.41, 5.74) is 6.00. The van der Waals surface area contributed by atoms with Crippen molar-refractivity contribution >= 4 is 11.6 Å². The highest BCUT2D eigenvalue weighted by Gasteiger charge is 2.24. The molecule has 0 bridgehead atoms. The highest BCUT2D eigenvalue weighted by Crippen LogP contribution is 2.22. The fraction of sp³-hybridized carbons (Fsp3) is 0.462. The molecule has 0 aliphatic heterocycles. The van der Waals surface area contributed by atoms with Crippen LogP contribution >= 0.6 is 0 Å². The molecular weight excluding hydrogens is 232 g/mol. The lowest BCUT2D eigenvalue weighted by Gasteiger charge is -2.27. The van der Waals surface area contributed by atoms with Crippen LogP contribution in [0.25, 0.3) is 0 Å². The van der Waals surface area contributed by atoms with Crippen LogP contribution in [0.15, 0.2) is 18.2 Å². The third-order valence-corrected chi connectivity index (χ3v) is 3.04. The van der Waals surface area contributed by atoms with E-state index in [2.05, 4.69) is 5.32 Å². The van der Waals surface area contributed by atoms with Gasteiger partial charge in [-0.25, -0.2) is 0 Å². The van der Waals surface area contributed by atoms with Crippen molar-refractivity contribution in [3.05, 3.63) is 23.8 Å². The molecule has 0 fully saturated rings. The van der Waals surface area contributed by atoms with Crippen LogP contribution in [-0.2, 0) is 0 Å². The zero-order chi connectivity index (χ0) is 13.8. The topological polar surface area (TPSA) is 84.6 Å². The van der Waals surface area contributed by atoms with Crippen LogP contribution in [0.1, 0.15) is 30.6 Å². The minimum Gasteiger partial charge on any atom is -0.495 e. The number of carbonyl (C=O) groups is 1. The van der Waals surface area contributed by atoms with Crippen molar-refractivity contribution in [1.82, 2.24) is 5.32 Å². The van der Waals surface area contributed by atoms with Gasteiger partial charge in [-0.05, 0) is 31.5 Å². The molecule has 1 atom stereocenters. The Morgan fingerprint density at radius 1 is 1.56 bits per heavy atom. The summed E-state index contributed by atoms with van der Waals surface area (Å²) in [5, 5.41) is 12.1. The number of nitrogen functional groups attached to an aromatic ring is 1. The number of nitrogens with one attached hydrogen (secondary N) is 1. The minimum atomic E-state index is -0.619. The van der Waals surface area contributed by atoms with Crippen LogP contribution in [0.3, 0.4) is 0 Å². The third-order valence-electron chi connectivity index (χ3n) is 3.04. The molecule has 100 valence electrons. The lowest BCUT2D eigenvalue weighted by atomic mass is 9.99. The molecule has 0 radical (unpaired) electrons. The van der Waals surface area contributed by atoms with Gasteiger partial charge in [0.05, 0.1) is 24.9 Å². The summed E-state index contributed by atoms with van der Waals surface area (Å²) in [4.78, 5) is 12.0. The molecule has 1 aromatic carbocycles. The highest BCUT2D eigenvalue weighted by molar-refractivity contribution is 5.95. The largest absolute Gasteiger partial charge is 0.495 e. The van der Waals surface area contributed by atoms with Crippen molar-refractivity contribution in [1.29, 1.82) is 0 Å². The standard InChI is InChI=1S/C13H20N2O3/c1-4-13(2,8-16)15-12(17)9-5-6-10(14)11(7-9)18-3/h5-7,16H,4,8,14H2,1-3H3,(H,15,17). The van der Waals surface area contributed by atoms with E-state index in [1.54, 1.807) is 25.1 Å². The number of amides is 1. The summed E-state index contributed by atoms with van der Waals surface area (Å²) in [6.45, 7) is 3.58. The van der Waals surface area contributed by atoms with Gasteiger partial charge < -0.3 is 20.9 Å². The van der Waals surface area contributed by atoms with Crippen LogP contribution in [0.4, 0.5) is 5.69 Å². The number of anilines is 1. The minimum absolute atomic E-state index is 0.110. The maximum atomic E-state index is 12.0. The fourth-order valence-corrected chi connectivity index (χ4v) is 1.44. The molecule has 5 nitrogen and oxygen atoms in total. The average Bonchev–Trinajstić information content (AvgIpc) is 2.39. The molecule has 0 heterocycles. The van der Waals surface area contributed by atoms with Crippen molar-refractivity contribution in [2.45, 2.75) is 25.8 Å². The Morgan fingerprint density at radius 3 is 2.72 bits per heavy atom. The van der Waals surface area contributed by atoms with E-state index in [1.165, 1.54) is 7.11 Å². The molecule has 4 N–H and O–H groups in total. The summed E-state index contributed by atoms with van der Waals surface area (Å²) in [6, 6.07) is 4.83. The maximum absolute atomic E-state index is 12.0. The normalized spacial score (nSPS) is 13.8. The first kappa shape index (κ1) is 14.3. The van der Waals surface area contributed by atoms with Crippen LogP contribution in [0.5, 0.6) is 5.75 Å². The second-order valence-corrected chi connectivity index (χ2v) is 4.48. The van der Waals surface area contributed by atoms with E-state index in [-0.39, 0.29) is 12.5 Å². The number of rotatable bonds is 5. The van der Waals surface area contributed by atoms with Crippen LogP contribution in [-0.4, -0.2) is 30.3 Å². The number of benzene rings is 1. The summed E-state index contributed by atoms with van der Waals surface area (Å²) in [6.07, 6.45) is 0.640. The Labute approximate surface area is 107 Å². The molecule has 0 aliphatic carbocycles. The first-order valence-corrected chi connectivity index (χ1v) is 5.82. The van der Waals surface area contributed by atoms with Gasteiger partial charge >= 0.3 is 0 Å². The predicted molar refractivity (Wildman–Crippen MR) is 70.7 cm³/mol. The molecular formula is C13H20N2O3. The molecule has 0 aliphatic rings. The van der Waals surface area contributed by atoms with Crippen LogP contribution in [0.2, 0.25) is 0 Å². The molecule has 0 saturated carbocycles. The van der Waals surface area contributed by atoms with E-state index in [0.29, 0.717) is 23.4 Å². The number of carbonyl (C=O) groups excluding carboxylic acids is 1. The number of nitrogens with two attached hydrogens (primary N) is 1. The molecule has 0 spiro atoms. The van der Waals surface area contributed by atoms with Crippen LogP contribution < -0.4 is 15.8 Å². The number of hydrogen-bond donors (Lipinski definition) is 3. The Balaban J connectivity index is 2.91. The van der Waals surface area contributed by atoms with Crippen molar-refractivity contribution in [3.8, 4) is 5.75 Å². The van der Waals surface area contributed by atoms with E-state index < -0.39 is 5.54 Å². The van der Waals surface area contributed by atoms with Gasteiger partial charge in [0.15, 0.2) is 0 Å². The number of aliphatic hydroxyl groups excluding tert-OH is 1. The maximum Gasteiger partial charge on any atom is 0.251 e. The van der Waals surface area contributed by atoms with Gasteiger partial charge in [-0.2, -0.15) is 0 Å². The van der Waals surface area contributed by atoms with Gasteiger partial charge in [-0.3, -0.25) is 4.79 Å². The monoisotopic (exact) mass is 252 g/mol. The molecule has 5 heteroatoms. The fourth-order valence-electron chi connectivity index (χ4n) is 1.44. The van der Waals surface area contributed by atoms with Crippen molar-refractivity contribution in [2.24, 2.45) is 0 Å². The molecule has 1 unspecified atom stereocenters. The number of hydrogen-bond acceptors (Lipinski definition) is 4.